The number of aryl methyl sites for hydroxylation is 1. The van der Waals surface area contributed by atoms with Crippen molar-refractivity contribution in [1.29, 1.82) is 0 Å². The van der Waals surface area contributed by atoms with Gasteiger partial charge in [-0.05, 0) is 53.4 Å². The molecule has 0 saturated carbocycles. The number of rotatable bonds is 9. The summed E-state index contributed by atoms with van der Waals surface area (Å²) in [5.41, 5.74) is 4.59. The molecule has 1 heterocycles. The number of benzene rings is 5. The van der Waals surface area contributed by atoms with Crippen LogP contribution < -0.4 is 9.47 Å². The van der Waals surface area contributed by atoms with Crippen LogP contribution in [0.25, 0.3) is 10.8 Å². The van der Waals surface area contributed by atoms with Crippen molar-refractivity contribution in [1.82, 2.24) is 4.90 Å². The van der Waals surface area contributed by atoms with Crippen LogP contribution in [0.4, 0.5) is 0 Å². The summed E-state index contributed by atoms with van der Waals surface area (Å²) in [5.74, 6) is 0.572. The van der Waals surface area contributed by atoms with E-state index in [1.807, 2.05) is 122 Å². The predicted octanol–water partition coefficient (Wildman–Crippen LogP) is 7.36. The van der Waals surface area contributed by atoms with Gasteiger partial charge in [-0.1, -0.05) is 103 Å². The van der Waals surface area contributed by atoms with E-state index in [1.54, 1.807) is 11.8 Å². The van der Waals surface area contributed by atoms with Gasteiger partial charge in [0.1, 0.15) is 24.1 Å². The molecule has 6 rings (SSSR count). The lowest BCUT2D eigenvalue weighted by atomic mass is 9.90. The second-order valence-corrected chi connectivity index (χ2v) is 11.0. The lowest BCUT2D eigenvalue weighted by molar-refractivity contribution is -0.158. The topological polar surface area (TPSA) is 65.1 Å². The van der Waals surface area contributed by atoms with E-state index in [1.165, 1.54) is 0 Å². The fraction of sp³-hybridized carbons (Fsp3) is 0.211. The van der Waals surface area contributed by atoms with E-state index in [-0.39, 0.29) is 25.5 Å². The van der Waals surface area contributed by atoms with Crippen molar-refractivity contribution in [3.63, 3.8) is 0 Å². The standard InChI is InChI=1S/C38H35NO5/c1-3-42-38(41)34-23-33-31(19-18-26(2)35(33)43-25-27-12-6-4-7-13-27)24-39(34)37(40)36(29-15-8-5-9-16-29)44-32-21-20-28-14-10-11-17-30(28)22-32/h4-22,34,36H,3,23-25H2,1-2H3/t34-,36-/m0/s1. The molecule has 0 bridgehead atoms. The quantitative estimate of drug-likeness (QED) is 0.169. The van der Waals surface area contributed by atoms with Crippen LogP contribution in [0, 0.1) is 6.92 Å². The number of nitrogens with zero attached hydrogens (tertiary/aromatic N) is 1. The van der Waals surface area contributed by atoms with Gasteiger partial charge < -0.3 is 19.1 Å². The molecule has 6 heteroatoms. The summed E-state index contributed by atoms with van der Waals surface area (Å²) in [6.45, 7) is 4.62. The van der Waals surface area contributed by atoms with E-state index < -0.39 is 18.1 Å². The molecule has 0 aromatic heterocycles. The molecule has 2 atom stereocenters. The number of esters is 1. The van der Waals surface area contributed by atoms with E-state index in [0.717, 1.165) is 38.8 Å². The first-order valence-electron chi connectivity index (χ1n) is 15.0. The van der Waals surface area contributed by atoms with Gasteiger partial charge in [0, 0.05) is 24.1 Å². The molecule has 1 aliphatic heterocycles. The minimum absolute atomic E-state index is 0.213. The number of carbonyl (C=O) groups is 2. The van der Waals surface area contributed by atoms with Crippen molar-refractivity contribution in [2.75, 3.05) is 6.61 Å². The zero-order valence-electron chi connectivity index (χ0n) is 24.9. The van der Waals surface area contributed by atoms with Crippen LogP contribution in [0.2, 0.25) is 0 Å². The van der Waals surface area contributed by atoms with Crippen LogP contribution >= 0.6 is 0 Å². The van der Waals surface area contributed by atoms with Crippen LogP contribution in [0.15, 0.2) is 115 Å². The van der Waals surface area contributed by atoms with Gasteiger partial charge in [0.05, 0.1) is 6.61 Å². The van der Waals surface area contributed by atoms with Crippen LogP contribution in [-0.4, -0.2) is 29.4 Å². The van der Waals surface area contributed by atoms with Crippen LogP contribution in [-0.2, 0) is 33.9 Å². The number of ether oxygens (including phenoxy) is 3. The summed E-state index contributed by atoms with van der Waals surface area (Å²) < 4.78 is 18.3. The summed E-state index contributed by atoms with van der Waals surface area (Å²) in [7, 11) is 0. The Morgan fingerprint density at radius 1 is 0.841 bits per heavy atom. The highest BCUT2D eigenvalue weighted by molar-refractivity contribution is 5.89. The van der Waals surface area contributed by atoms with Gasteiger partial charge in [0.2, 0.25) is 6.10 Å². The van der Waals surface area contributed by atoms with Gasteiger partial charge in [-0.3, -0.25) is 4.79 Å². The Hall–Kier alpha value is -5.10. The van der Waals surface area contributed by atoms with E-state index >= 15 is 0 Å². The van der Waals surface area contributed by atoms with Gasteiger partial charge in [0.15, 0.2) is 0 Å². The van der Waals surface area contributed by atoms with Crippen LogP contribution in [0.1, 0.15) is 40.8 Å². The molecule has 6 nitrogen and oxygen atoms in total. The molecule has 0 saturated heterocycles. The number of hydrogen-bond acceptors (Lipinski definition) is 5. The van der Waals surface area contributed by atoms with Crippen molar-refractivity contribution in [2.45, 2.75) is 45.6 Å². The lowest BCUT2D eigenvalue weighted by Gasteiger charge is -2.38. The highest BCUT2D eigenvalue weighted by Gasteiger charge is 2.41. The minimum atomic E-state index is -0.963. The summed E-state index contributed by atoms with van der Waals surface area (Å²) in [6.07, 6.45) is -0.682. The summed E-state index contributed by atoms with van der Waals surface area (Å²) in [6, 6.07) is 36.4. The predicted molar refractivity (Wildman–Crippen MR) is 170 cm³/mol. The Balaban J connectivity index is 1.35. The van der Waals surface area contributed by atoms with Gasteiger partial charge in [-0.25, -0.2) is 4.79 Å². The number of hydrogen-bond donors (Lipinski definition) is 0. The van der Waals surface area contributed by atoms with Crippen molar-refractivity contribution < 1.29 is 23.8 Å². The van der Waals surface area contributed by atoms with Gasteiger partial charge in [0.25, 0.3) is 5.91 Å². The molecule has 5 aromatic rings. The molecule has 0 N–H and O–H groups in total. The van der Waals surface area contributed by atoms with Crippen molar-refractivity contribution in [2.24, 2.45) is 0 Å². The smallest absolute Gasteiger partial charge is 0.329 e. The van der Waals surface area contributed by atoms with E-state index in [9.17, 15) is 9.59 Å². The van der Waals surface area contributed by atoms with Gasteiger partial charge in [-0.15, -0.1) is 0 Å². The SMILES string of the molecule is CCOC(=O)[C@@H]1Cc2c(ccc(C)c2OCc2ccccc2)CN1C(=O)[C@@H](Oc1ccc2ccccc2c1)c1ccccc1. The Morgan fingerprint density at radius 2 is 1.55 bits per heavy atom. The second kappa shape index (κ2) is 13.0. The highest BCUT2D eigenvalue weighted by Crippen LogP contribution is 2.37. The zero-order valence-corrected chi connectivity index (χ0v) is 24.9. The maximum absolute atomic E-state index is 14.5. The monoisotopic (exact) mass is 585 g/mol. The van der Waals surface area contributed by atoms with Gasteiger partial charge >= 0.3 is 5.97 Å². The molecule has 44 heavy (non-hydrogen) atoms. The molecule has 0 radical (unpaired) electrons. The Morgan fingerprint density at radius 3 is 2.30 bits per heavy atom. The summed E-state index contributed by atoms with van der Waals surface area (Å²) in [5, 5.41) is 2.09. The first-order valence-corrected chi connectivity index (χ1v) is 15.0. The Labute approximate surface area is 257 Å². The summed E-state index contributed by atoms with van der Waals surface area (Å²) in [4.78, 5) is 29.6. The fourth-order valence-electron chi connectivity index (χ4n) is 5.78. The third-order valence-electron chi connectivity index (χ3n) is 8.04. The molecular weight excluding hydrogens is 550 g/mol. The maximum Gasteiger partial charge on any atom is 0.329 e. The zero-order chi connectivity index (χ0) is 30.5. The third kappa shape index (κ3) is 6.16. The van der Waals surface area contributed by atoms with E-state index in [0.29, 0.717) is 17.9 Å². The van der Waals surface area contributed by atoms with Gasteiger partial charge in [-0.2, -0.15) is 0 Å². The number of amides is 1. The van der Waals surface area contributed by atoms with Crippen molar-refractivity contribution in [3.05, 3.63) is 143 Å². The van der Waals surface area contributed by atoms with E-state index in [2.05, 4.69) is 0 Å². The molecule has 0 unspecified atom stereocenters. The molecule has 222 valence electrons. The van der Waals surface area contributed by atoms with E-state index in [4.69, 9.17) is 14.2 Å². The molecule has 5 aromatic carbocycles. The number of carbonyl (C=O) groups excluding carboxylic acids is 2. The van der Waals surface area contributed by atoms with Crippen LogP contribution in [0.3, 0.4) is 0 Å². The van der Waals surface area contributed by atoms with Crippen molar-refractivity contribution >= 4 is 22.6 Å². The lowest BCUT2D eigenvalue weighted by Crippen LogP contribution is -2.51. The largest absolute Gasteiger partial charge is 0.488 e. The second-order valence-electron chi connectivity index (χ2n) is 11.0. The minimum Gasteiger partial charge on any atom is -0.488 e. The highest BCUT2D eigenvalue weighted by atomic mass is 16.5. The fourth-order valence-corrected chi connectivity index (χ4v) is 5.78. The third-order valence-corrected chi connectivity index (χ3v) is 8.04. The molecule has 0 spiro atoms. The Bertz CT molecular complexity index is 1770. The maximum atomic E-state index is 14.5. The Kier molecular flexibility index (Phi) is 8.59. The molecule has 0 aliphatic carbocycles. The first kappa shape index (κ1) is 29.0. The molecule has 1 amide bonds. The molecule has 0 fully saturated rings. The van der Waals surface area contributed by atoms with Crippen LogP contribution in [0.5, 0.6) is 11.5 Å². The average molecular weight is 586 g/mol. The summed E-state index contributed by atoms with van der Waals surface area (Å²) >= 11 is 0. The number of fused-ring (bicyclic) bond motifs is 2. The molecular formula is C38H35NO5. The average Bonchev–Trinajstić information content (AvgIpc) is 3.07. The molecule has 1 aliphatic rings. The van der Waals surface area contributed by atoms with Crippen molar-refractivity contribution in [3.8, 4) is 11.5 Å². The normalized spacial score (nSPS) is 14.9. The first-order chi connectivity index (χ1) is 21.5.